The second-order valence-electron chi connectivity index (χ2n) is 7.85. The van der Waals surface area contributed by atoms with Crippen LogP contribution in [0.2, 0.25) is 0 Å². The number of thiocarbonyl (C=S) groups is 1. The minimum atomic E-state index is -0.487. The number of carbonyl (C=O) groups excluding carboxylic acids is 1. The van der Waals surface area contributed by atoms with E-state index in [1.54, 1.807) is 18.2 Å². The Kier molecular flexibility index (Phi) is 7.48. The third-order valence-corrected chi connectivity index (χ3v) is 6.41. The van der Waals surface area contributed by atoms with Gasteiger partial charge in [-0.05, 0) is 61.4 Å². The summed E-state index contributed by atoms with van der Waals surface area (Å²) >= 11 is 6.56. The SMILES string of the molecule is Cc1cc(C)cc(OCCOc2ccc([N+](=O)[O-])cc2C=C2SC(=S)N(c3ccccc3)C2=O)c1. The molecule has 3 aromatic carbocycles. The highest BCUT2D eigenvalue weighted by atomic mass is 32.2. The quantitative estimate of drug-likeness (QED) is 0.120. The van der Waals surface area contributed by atoms with Gasteiger partial charge in [-0.15, -0.1) is 0 Å². The van der Waals surface area contributed by atoms with Crippen molar-refractivity contribution in [3.8, 4) is 11.5 Å². The molecule has 0 atom stereocenters. The van der Waals surface area contributed by atoms with Crippen LogP contribution in [0.4, 0.5) is 11.4 Å². The van der Waals surface area contributed by atoms with Crippen LogP contribution in [-0.2, 0) is 4.79 Å². The summed E-state index contributed by atoms with van der Waals surface area (Å²) in [6, 6.07) is 19.3. The largest absolute Gasteiger partial charge is 0.490 e. The molecule has 9 heteroatoms. The van der Waals surface area contributed by atoms with E-state index < -0.39 is 4.92 Å². The molecule has 35 heavy (non-hydrogen) atoms. The topological polar surface area (TPSA) is 81.9 Å². The minimum absolute atomic E-state index is 0.103. The number of hydrogen-bond donors (Lipinski definition) is 0. The summed E-state index contributed by atoms with van der Waals surface area (Å²) in [5, 5.41) is 11.4. The molecule has 3 aromatic rings. The van der Waals surface area contributed by atoms with Crippen LogP contribution >= 0.6 is 24.0 Å². The summed E-state index contributed by atoms with van der Waals surface area (Å²) in [6.07, 6.45) is 1.58. The number of aryl methyl sites for hydroxylation is 2. The molecule has 7 nitrogen and oxygen atoms in total. The van der Waals surface area contributed by atoms with Crippen molar-refractivity contribution in [2.45, 2.75) is 13.8 Å². The first-order valence-corrected chi connectivity index (χ1v) is 12.0. The zero-order valence-corrected chi connectivity index (χ0v) is 20.7. The molecule has 1 aliphatic heterocycles. The number of nitro groups is 1. The zero-order chi connectivity index (χ0) is 24.9. The third kappa shape index (κ3) is 5.87. The van der Waals surface area contributed by atoms with Crippen molar-refractivity contribution in [1.29, 1.82) is 0 Å². The molecule has 1 amide bonds. The first-order chi connectivity index (χ1) is 16.8. The Morgan fingerprint density at radius 3 is 2.37 bits per heavy atom. The van der Waals surface area contributed by atoms with Crippen LogP contribution in [0.5, 0.6) is 11.5 Å². The Bertz CT molecular complexity index is 1300. The molecule has 1 saturated heterocycles. The Hall–Kier alpha value is -3.69. The first kappa shape index (κ1) is 24.4. The number of rotatable bonds is 8. The van der Waals surface area contributed by atoms with Crippen LogP contribution < -0.4 is 14.4 Å². The van der Waals surface area contributed by atoms with Crippen molar-refractivity contribution in [3.05, 3.63) is 98.4 Å². The lowest BCUT2D eigenvalue weighted by atomic mass is 10.1. The van der Waals surface area contributed by atoms with E-state index >= 15 is 0 Å². The number of benzene rings is 3. The number of anilines is 1. The first-order valence-electron chi connectivity index (χ1n) is 10.8. The van der Waals surface area contributed by atoms with Crippen molar-refractivity contribution < 1.29 is 19.2 Å². The van der Waals surface area contributed by atoms with E-state index in [2.05, 4.69) is 6.07 Å². The lowest BCUT2D eigenvalue weighted by Crippen LogP contribution is -2.27. The van der Waals surface area contributed by atoms with E-state index in [9.17, 15) is 14.9 Å². The van der Waals surface area contributed by atoms with Gasteiger partial charge in [0.1, 0.15) is 24.7 Å². The molecule has 0 N–H and O–H groups in total. The molecule has 178 valence electrons. The molecule has 1 aliphatic rings. The number of non-ortho nitro benzene ring substituents is 1. The number of hydrogen-bond acceptors (Lipinski definition) is 7. The van der Waals surface area contributed by atoms with Crippen LogP contribution in [0.1, 0.15) is 16.7 Å². The van der Waals surface area contributed by atoms with Crippen molar-refractivity contribution in [2.75, 3.05) is 18.1 Å². The number of nitrogens with zero attached hydrogens (tertiary/aromatic N) is 2. The van der Waals surface area contributed by atoms with Crippen molar-refractivity contribution in [3.63, 3.8) is 0 Å². The standard InChI is InChI=1S/C26H22N2O5S2/c1-17-12-18(2)14-22(13-17)32-10-11-33-23-9-8-21(28(30)31)15-19(23)16-24-25(29)27(26(34)35-24)20-6-4-3-5-7-20/h3-9,12-16H,10-11H2,1-2H3. The molecule has 0 aliphatic carbocycles. The second-order valence-corrected chi connectivity index (χ2v) is 9.53. The van der Waals surface area contributed by atoms with Crippen molar-refractivity contribution in [1.82, 2.24) is 0 Å². The van der Waals surface area contributed by atoms with Gasteiger partial charge in [0.05, 0.1) is 15.5 Å². The smallest absolute Gasteiger partial charge is 0.270 e. The predicted molar refractivity (Wildman–Crippen MR) is 142 cm³/mol. The highest BCUT2D eigenvalue weighted by molar-refractivity contribution is 8.27. The van der Waals surface area contributed by atoms with Crippen LogP contribution in [-0.4, -0.2) is 28.4 Å². The number of para-hydroxylation sites is 1. The summed E-state index contributed by atoms with van der Waals surface area (Å²) in [5.74, 6) is 0.867. The van der Waals surface area contributed by atoms with E-state index in [1.165, 1.54) is 23.1 Å². The Morgan fingerprint density at radius 1 is 1.00 bits per heavy atom. The number of carbonyl (C=O) groups is 1. The summed E-state index contributed by atoms with van der Waals surface area (Å²) in [4.78, 5) is 25.7. The maximum absolute atomic E-state index is 13.1. The maximum atomic E-state index is 13.1. The van der Waals surface area contributed by atoms with E-state index in [4.69, 9.17) is 21.7 Å². The molecule has 0 saturated carbocycles. The van der Waals surface area contributed by atoms with Gasteiger partial charge in [-0.25, -0.2) is 0 Å². The summed E-state index contributed by atoms with van der Waals surface area (Å²) in [6.45, 7) is 4.51. The maximum Gasteiger partial charge on any atom is 0.270 e. The minimum Gasteiger partial charge on any atom is -0.490 e. The van der Waals surface area contributed by atoms with Gasteiger partial charge < -0.3 is 9.47 Å². The van der Waals surface area contributed by atoms with Gasteiger partial charge in [-0.2, -0.15) is 0 Å². The summed E-state index contributed by atoms with van der Waals surface area (Å²) in [7, 11) is 0. The van der Waals surface area contributed by atoms with E-state index in [1.807, 2.05) is 44.2 Å². The van der Waals surface area contributed by atoms with Gasteiger partial charge >= 0.3 is 0 Å². The fraction of sp³-hybridized carbons (Fsp3) is 0.154. The third-order valence-electron chi connectivity index (χ3n) is 5.10. The fourth-order valence-corrected chi connectivity index (χ4v) is 4.92. The molecule has 1 heterocycles. The molecule has 0 unspecified atom stereocenters. The van der Waals surface area contributed by atoms with E-state index in [0.717, 1.165) is 28.6 Å². The molecule has 0 spiro atoms. The highest BCUT2D eigenvalue weighted by Crippen LogP contribution is 2.37. The highest BCUT2D eigenvalue weighted by Gasteiger charge is 2.33. The Balaban J connectivity index is 1.53. The van der Waals surface area contributed by atoms with Gasteiger partial charge in [0.25, 0.3) is 11.6 Å². The number of amides is 1. The second kappa shape index (κ2) is 10.7. The van der Waals surface area contributed by atoms with Crippen LogP contribution in [0.15, 0.2) is 71.6 Å². The van der Waals surface area contributed by atoms with Gasteiger partial charge in [0, 0.05) is 17.7 Å². The molecule has 0 bridgehead atoms. The predicted octanol–water partition coefficient (Wildman–Crippen LogP) is 6.08. The van der Waals surface area contributed by atoms with Crippen LogP contribution in [0, 0.1) is 24.0 Å². The van der Waals surface area contributed by atoms with E-state index in [0.29, 0.717) is 26.2 Å². The van der Waals surface area contributed by atoms with Crippen LogP contribution in [0.25, 0.3) is 6.08 Å². The average molecular weight is 507 g/mol. The number of nitro benzene ring substituents is 1. The van der Waals surface area contributed by atoms with Crippen molar-refractivity contribution >= 4 is 51.7 Å². The summed E-state index contributed by atoms with van der Waals surface area (Å²) in [5.41, 5.74) is 3.18. The molecule has 0 radical (unpaired) electrons. The lowest BCUT2D eigenvalue weighted by Gasteiger charge is -2.14. The van der Waals surface area contributed by atoms with Gasteiger partial charge in [0.15, 0.2) is 4.32 Å². The lowest BCUT2D eigenvalue weighted by molar-refractivity contribution is -0.384. The number of ether oxygens (including phenoxy) is 2. The zero-order valence-electron chi connectivity index (χ0n) is 19.1. The van der Waals surface area contributed by atoms with Gasteiger partial charge in [-0.1, -0.05) is 48.2 Å². The molecular formula is C26H22N2O5S2. The fourth-order valence-electron chi connectivity index (χ4n) is 3.63. The summed E-state index contributed by atoms with van der Waals surface area (Å²) < 4.78 is 12.1. The Labute approximate surface area is 212 Å². The molecule has 1 fully saturated rings. The Morgan fingerprint density at radius 2 is 1.69 bits per heavy atom. The van der Waals surface area contributed by atoms with E-state index in [-0.39, 0.29) is 24.8 Å². The molecule has 4 rings (SSSR count). The van der Waals surface area contributed by atoms with Crippen LogP contribution in [0.3, 0.4) is 0 Å². The average Bonchev–Trinajstić information content (AvgIpc) is 3.09. The van der Waals surface area contributed by atoms with Gasteiger partial charge in [-0.3, -0.25) is 19.8 Å². The molecular weight excluding hydrogens is 484 g/mol. The van der Waals surface area contributed by atoms with Crippen molar-refractivity contribution in [2.24, 2.45) is 0 Å². The monoisotopic (exact) mass is 506 g/mol. The molecule has 0 aromatic heterocycles. The number of thioether (sulfide) groups is 1. The van der Waals surface area contributed by atoms with Gasteiger partial charge in [0.2, 0.25) is 0 Å². The normalized spacial score (nSPS) is 14.5.